The highest BCUT2D eigenvalue weighted by Crippen LogP contribution is 2.32. The number of aliphatic hydroxyl groups is 1. The molecule has 3 rings (SSSR count). The molecule has 0 aliphatic carbocycles. The maximum atomic E-state index is 10.4. The number of aliphatic hydroxyl groups excluding tert-OH is 1. The fourth-order valence-electron chi connectivity index (χ4n) is 2.81. The van der Waals surface area contributed by atoms with Crippen LogP contribution in [0.2, 0.25) is 0 Å². The topological polar surface area (TPSA) is 29.5 Å². The van der Waals surface area contributed by atoms with Gasteiger partial charge in [-0.3, -0.25) is 0 Å². The largest absolute Gasteiger partial charge is 0.386 e. The Kier molecular flexibility index (Phi) is 3.86. The highest BCUT2D eigenvalue weighted by atomic mass is 16.5. The van der Waals surface area contributed by atoms with Crippen LogP contribution in [0.4, 0.5) is 0 Å². The van der Waals surface area contributed by atoms with Crippen LogP contribution < -0.4 is 0 Å². The van der Waals surface area contributed by atoms with Crippen molar-refractivity contribution in [1.82, 2.24) is 0 Å². The second-order valence-corrected chi connectivity index (χ2v) is 5.53. The summed E-state index contributed by atoms with van der Waals surface area (Å²) in [6, 6.07) is 18.4. The molecule has 1 N–H and O–H groups in total. The van der Waals surface area contributed by atoms with Gasteiger partial charge < -0.3 is 9.84 Å². The molecule has 0 amide bonds. The van der Waals surface area contributed by atoms with Crippen LogP contribution >= 0.6 is 0 Å². The summed E-state index contributed by atoms with van der Waals surface area (Å²) in [6.45, 7) is 2.89. The first-order chi connectivity index (χ1) is 9.75. The third kappa shape index (κ3) is 2.62. The number of ether oxygens (including phenoxy) is 1. The van der Waals surface area contributed by atoms with Gasteiger partial charge in [0.2, 0.25) is 0 Å². The minimum atomic E-state index is -0.530. The minimum absolute atomic E-state index is 0.0717. The molecule has 2 aromatic rings. The van der Waals surface area contributed by atoms with Crippen molar-refractivity contribution in [3.63, 3.8) is 0 Å². The van der Waals surface area contributed by atoms with E-state index in [0.717, 1.165) is 18.6 Å². The number of benzene rings is 2. The van der Waals surface area contributed by atoms with Crippen molar-refractivity contribution in [3.8, 4) is 11.1 Å². The van der Waals surface area contributed by atoms with Crippen LogP contribution in [0, 0.1) is 5.92 Å². The second kappa shape index (κ2) is 5.78. The molecule has 1 heterocycles. The molecule has 0 radical (unpaired) electrons. The normalized spacial score (nSPS) is 23.7. The molecular formula is C18H20O2. The Hall–Kier alpha value is -1.64. The first-order valence-electron chi connectivity index (χ1n) is 7.21. The van der Waals surface area contributed by atoms with Gasteiger partial charge in [0.25, 0.3) is 0 Å². The van der Waals surface area contributed by atoms with Crippen LogP contribution in [-0.2, 0) is 4.74 Å². The molecule has 1 saturated heterocycles. The lowest BCUT2D eigenvalue weighted by molar-refractivity contribution is -0.0177. The molecule has 104 valence electrons. The molecule has 0 saturated carbocycles. The lowest BCUT2D eigenvalue weighted by Gasteiger charge is -2.21. The van der Waals surface area contributed by atoms with Gasteiger partial charge in [0.05, 0.1) is 6.10 Å². The number of rotatable bonds is 3. The fourth-order valence-corrected chi connectivity index (χ4v) is 2.81. The Morgan fingerprint density at radius 1 is 1.00 bits per heavy atom. The molecule has 0 bridgehead atoms. The SMILES string of the molecule is CC1CCOC1C(O)c1ccc(-c2ccccc2)cc1. The molecule has 0 aromatic heterocycles. The maximum Gasteiger partial charge on any atom is 0.105 e. The van der Waals surface area contributed by atoms with Crippen LogP contribution in [0.5, 0.6) is 0 Å². The van der Waals surface area contributed by atoms with E-state index in [1.807, 2.05) is 30.3 Å². The minimum Gasteiger partial charge on any atom is -0.386 e. The van der Waals surface area contributed by atoms with Crippen molar-refractivity contribution in [1.29, 1.82) is 0 Å². The first kappa shape index (κ1) is 13.3. The molecule has 1 fully saturated rings. The van der Waals surface area contributed by atoms with E-state index in [0.29, 0.717) is 5.92 Å². The molecule has 0 spiro atoms. The predicted molar refractivity (Wildman–Crippen MR) is 80.4 cm³/mol. The molecule has 1 aliphatic heterocycles. The maximum absolute atomic E-state index is 10.4. The van der Waals surface area contributed by atoms with Gasteiger partial charge >= 0.3 is 0 Å². The van der Waals surface area contributed by atoms with E-state index >= 15 is 0 Å². The Morgan fingerprint density at radius 2 is 1.65 bits per heavy atom. The average Bonchev–Trinajstić information content (AvgIpc) is 2.94. The standard InChI is InChI=1S/C18H20O2/c1-13-11-12-20-18(13)17(19)16-9-7-15(8-10-16)14-5-3-2-4-6-14/h2-10,13,17-19H,11-12H2,1H3. The number of hydrogen-bond donors (Lipinski definition) is 1. The fraction of sp³-hybridized carbons (Fsp3) is 0.333. The summed E-state index contributed by atoms with van der Waals surface area (Å²) in [4.78, 5) is 0. The van der Waals surface area contributed by atoms with Gasteiger partial charge in [-0.2, -0.15) is 0 Å². The van der Waals surface area contributed by atoms with Gasteiger partial charge in [0, 0.05) is 6.61 Å². The van der Waals surface area contributed by atoms with E-state index in [9.17, 15) is 5.11 Å². The lowest BCUT2D eigenvalue weighted by atomic mass is 9.93. The van der Waals surface area contributed by atoms with Gasteiger partial charge in [-0.05, 0) is 29.0 Å². The van der Waals surface area contributed by atoms with Crippen LogP contribution in [0.25, 0.3) is 11.1 Å². The average molecular weight is 268 g/mol. The van der Waals surface area contributed by atoms with Crippen LogP contribution in [0.3, 0.4) is 0 Å². The third-order valence-electron chi connectivity index (χ3n) is 4.11. The highest BCUT2D eigenvalue weighted by molar-refractivity contribution is 5.63. The summed E-state index contributed by atoms with van der Waals surface area (Å²) in [6.07, 6.45) is 0.430. The molecule has 2 heteroatoms. The number of hydrogen-bond acceptors (Lipinski definition) is 2. The third-order valence-corrected chi connectivity index (χ3v) is 4.11. The Morgan fingerprint density at radius 3 is 2.25 bits per heavy atom. The zero-order chi connectivity index (χ0) is 13.9. The van der Waals surface area contributed by atoms with Gasteiger partial charge in [-0.1, -0.05) is 61.5 Å². The zero-order valence-corrected chi connectivity index (χ0v) is 11.7. The summed E-state index contributed by atoms with van der Waals surface area (Å²) in [5, 5.41) is 10.4. The van der Waals surface area contributed by atoms with Gasteiger partial charge in [-0.15, -0.1) is 0 Å². The quantitative estimate of drug-likeness (QED) is 0.917. The molecular weight excluding hydrogens is 248 g/mol. The van der Waals surface area contributed by atoms with Crippen molar-refractivity contribution in [2.75, 3.05) is 6.61 Å². The summed E-state index contributed by atoms with van der Waals surface area (Å²) in [5.74, 6) is 0.416. The summed E-state index contributed by atoms with van der Waals surface area (Å²) < 4.78 is 5.65. The Bertz CT molecular complexity index is 547. The lowest BCUT2D eigenvalue weighted by Crippen LogP contribution is -2.22. The van der Waals surface area contributed by atoms with Gasteiger partial charge in [0.15, 0.2) is 0 Å². The Balaban J connectivity index is 1.79. The summed E-state index contributed by atoms with van der Waals surface area (Å²) in [7, 11) is 0. The van der Waals surface area contributed by atoms with E-state index in [2.05, 4.69) is 31.2 Å². The zero-order valence-electron chi connectivity index (χ0n) is 11.7. The van der Waals surface area contributed by atoms with Crippen molar-refractivity contribution in [2.24, 2.45) is 5.92 Å². The first-order valence-corrected chi connectivity index (χ1v) is 7.21. The smallest absolute Gasteiger partial charge is 0.105 e. The molecule has 2 aromatic carbocycles. The molecule has 20 heavy (non-hydrogen) atoms. The van der Waals surface area contributed by atoms with Crippen molar-refractivity contribution < 1.29 is 9.84 Å². The summed E-state index contributed by atoms with van der Waals surface area (Å²) >= 11 is 0. The predicted octanol–water partition coefficient (Wildman–Crippen LogP) is 3.81. The molecule has 3 unspecified atom stereocenters. The van der Waals surface area contributed by atoms with Crippen LogP contribution in [0.15, 0.2) is 54.6 Å². The van der Waals surface area contributed by atoms with Crippen molar-refractivity contribution in [3.05, 3.63) is 60.2 Å². The second-order valence-electron chi connectivity index (χ2n) is 5.53. The van der Waals surface area contributed by atoms with E-state index in [-0.39, 0.29) is 6.10 Å². The van der Waals surface area contributed by atoms with Gasteiger partial charge in [-0.25, -0.2) is 0 Å². The molecule has 1 aliphatic rings. The van der Waals surface area contributed by atoms with E-state index in [4.69, 9.17) is 4.74 Å². The molecule has 2 nitrogen and oxygen atoms in total. The van der Waals surface area contributed by atoms with E-state index < -0.39 is 6.10 Å². The Labute approximate surface area is 120 Å². The van der Waals surface area contributed by atoms with Gasteiger partial charge in [0.1, 0.15) is 6.10 Å². The van der Waals surface area contributed by atoms with Crippen LogP contribution in [-0.4, -0.2) is 17.8 Å². The van der Waals surface area contributed by atoms with Crippen molar-refractivity contribution >= 4 is 0 Å². The van der Waals surface area contributed by atoms with Crippen molar-refractivity contribution in [2.45, 2.75) is 25.6 Å². The molecule has 3 atom stereocenters. The van der Waals surface area contributed by atoms with E-state index in [1.54, 1.807) is 0 Å². The summed E-state index contributed by atoms with van der Waals surface area (Å²) in [5.41, 5.74) is 3.30. The highest BCUT2D eigenvalue weighted by Gasteiger charge is 2.31. The van der Waals surface area contributed by atoms with Crippen LogP contribution in [0.1, 0.15) is 25.0 Å². The monoisotopic (exact) mass is 268 g/mol. The van der Waals surface area contributed by atoms with E-state index in [1.165, 1.54) is 11.1 Å².